The Morgan fingerprint density at radius 1 is 1.00 bits per heavy atom. The van der Waals surface area contributed by atoms with Crippen molar-refractivity contribution in [3.8, 4) is 0 Å². The van der Waals surface area contributed by atoms with Crippen LogP contribution in [-0.2, 0) is 16.4 Å². The first-order chi connectivity index (χ1) is 19.8. The smallest absolute Gasteiger partial charge is 0.274 e. The zero-order chi connectivity index (χ0) is 29.0. The van der Waals surface area contributed by atoms with Gasteiger partial charge in [0.05, 0.1) is 21.0 Å². The first-order valence-corrected chi connectivity index (χ1v) is 15.9. The minimum absolute atomic E-state index is 0.0280. The average Bonchev–Trinajstić information content (AvgIpc) is 3.05. The fraction of sp³-hybridized carbons (Fsp3) is 0.375. The topological polar surface area (TPSA) is 98.8 Å². The molecule has 1 saturated heterocycles. The number of nitrogens with zero attached hydrogens (tertiary/aromatic N) is 2. The fourth-order valence-electron chi connectivity index (χ4n) is 5.84. The van der Waals surface area contributed by atoms with Crippen LogP contribution in [0, 0.1) is 6.92 Å². The maximum atomic E-state index is 13.8. The van der Waals surface area contributed by atoms with Gasteiger partial charge in [0.2, 0.25) is 9.84 Å². The van der Waals surface area contributed by atoms with Gasteiger partial charge < -0.3 is 10.2 Å². The van der Waals surface area contributed by atoms with Crippen molar-refractivity contribution in [1.29, 1.82) is 0 Å². The summed E-state index contributed by atoms with van der Waals surface area (Å²) in [6.07, 6.45) is 5.71. The Hall–Kier alpha value is -3.53. The number of piperidine rings is 1. The summed E-state index contributed by atoms with van der Waals surface area (Å²) < 4.78 is 27.4. The maximum Gasteiger partial charge on any atom is 0.274 e. The molecule has 8 nitrogen and oxygen atoms in total. The lowest BCUT2D eigenvalue weighted by atomic mass is 10.00. The predicted octanol–water partition coefficient (Wildman–Crippen LogP) is 4.88. The molecule has 0 aliphatic carbocycles. The minimum Gasteiger partial charge on any atom is -0.352 e. The number of hydrogen-bond acceptors (Lipinski definition) is 6. The molecule has 9 heteroatoms. The lowest BCUT2D eigenvalue weighted by Gasteiger charge is -2.35. The largest absolute Gasteiger partial charge is 0.352 e. The molecule has 3 aromatic rings. The van der Waals surface area contributed by atoms with Crippen LogP contribution in [0.5, 0.6) is 0 Å². The molecule has 2 heterocycles. The summed E-state index contributed by atoms with van der Waals surface area (Å²) in [6.45, 7) is 7.06. The SMILES string of the molecule is CCC1CCCCN1CCCNC(=O)c1ccc2c(c1)N(NCc1cccc(C)c1)C(=O)c1ccccc1S2(=O)=O. The fourth-order valence-corrected chi connectivity index (χ4v) is 7.45. The van der Waals surface area contributed by atoms with Crippen LogP contribution in [0.1, 0.15) is 70.9 Å². The van der Waals surface area contributed by atoms with Crippen molar-refractivity contribution in [2.75, 3.05) is 24.6 Å². The van der Waals surface area contributed by atoms with Crippen molar-refractivity contribution in [3.05, 3.63) is 89.0 Å². The lowest BCUT2D eigenvalue weighted by molar-refractivity contribution is 0.0942. The second-order valence-corrected chi connectivity index (χ2v) is 12.7. The monoisotopic (exact) mass is 574 g/mol. The van der Waals surface area contributed by atoms with Crippen LogP contribution < -0.4 is 15.8 Å². The van der Waals surface area contributed by atoms with E-state index in [1.165, 1.54) is 54.6 Å². The van der Waals surface area contributed by atoms with Gasteiger partial charge in [-0.3, -0.25) is 9.59 Å². The Kier molecular flexibility index (Phi) is 8.87. The highest BCUT2D eigenvalue weighted by atomic mass is 32.2. The minimum atomic E-state index is -4.02. The average molecular weight is 575 g/mol. The van der Waals surface area contributed by atoms with Crippen LogP contribution in [0.2, 0.25) is 0 Å². The summed E-state index contributed by atoms with van der Waals surface area (Å²) in [5.74, 6) is -0.802. The third-order valence-electron chi connectivity index (χ3n) is 8.01. The normalized spacial score (nSPS) is 18.3. The number of anilines is 1. The molecule has 0 bridgehead atoms. The zero-order valence-electron chi connectivity index (χ0n) is 23.7. The third-order valence-corrected chi connectivity index (χ3v) is 9.87. The van der Waals surface area contributed by atoms with Gasteiger partial charge in [0.1, 0.15) is 0 Å². The molecule has 5 rings (SSSR count). The number of carbonyl (C=O) groups is 2. The van der Waals surface area contributed by atoms with Gasteiger partial charge in [0.25, 0.3) is 11.8 Å². The number of benzene rings is 3. The van der Waals surface area contributed by atoms with E-state index >= 15 is 0 Å². The van der Waals surface area contributed by atoms with E-state index in [1.807, 2.05) is 31.2 Å². The Bertz CT molecular complexity index is 1540. The number of carbonyl (C=O) groups excluding carboxylic acids is 2. The molecule has 216 valence electrons. The number of rotatable bonds is 9. The van der Waals surface area contributed by atoms with Gasteiger partial charge in [0, 0.05) is 31.2 Å². The summed E-state index contributed by atoms with van der Waals surface area (Å²) >= 11 is 0. The molecule has 2 aliphatic rings. The van der Waals surface area contributed by atoms with Crippen molar-refractivity contribution >= 4 is 27.3 Å². The Morgan fingerprint density at radius 3 is 2.63 bits per heavy atom. The summed E-state index contributed by atoms with van der Waals surface area (Å²) in [6, 6.07) is 19.1. The predicted molar refractivity (Wildman–Crippen MR) is 160 cm³/mol. The molecule has 0 spiro atoms. The van der Waals surface area contributed by atoms with Crippen LogP contribution in [0.15, 0.2) is 76.5 Å². The van der Waals surface area contributed by atoms with Gasteiger partial charge in [-0.05, 0) is 75.0 Å². The van der Waals surface area contributed by atoms with Crippen molar-refractivity contribution < 1.29 is 18.0 Å². The quantitative estimate of drug-likeness (QED) is 0.354. The Balaban J connectivity index is 1.39. The first kappa shape index (κ1) is 29.0. The van der Waals surface area contributed by atoms with Gasteiger partial charge in [0.15, 0.2) is 0 Å². The molecule has 0 saturated carbocycles. The van der Waals surface area contributed by atoms with Crippen LogP contribution in [0.3, 0.4) is 0 Å². The molecule has 0 aromatic heterocycles. The standard InChI is InChI=1S/C32H38N4O4S/c1-3-26-12-6-7-18-35(26)19-9-17-33-31(37)25-15-16-30-28(21-25)36(34-22-24-11-8-10-23(2)20-24)32(38)27-13-4-5-14-29(27)41(30,39)40/h4-5,8,10-11,13-16,20-21,26,34H,3,6-7,9,12,17-19,22H2,1-2H3,(H,33,37). The van der Waals surface area contributed by atoms with Crippen LogP contribution in [0.4, 0.5) is 5.69 Å². The van der Waals surface area contributed by atoms with Crippen LogP contribution >= 0.6 is 0 Å². The lowest BCUT2D eigenvalue weighted by Crippen LogP contribution is -2.43. The molecule has 3 aromatic carbocycles. The highest BCUT2D eigenvalue weighted by molar-refractivity contribution is 7.91. The van der Waals surface area contributed by atoms with E-state index < -0.39 is 15.7 Å². The van der Waals surface area contributed by atoms with E-state index in [-0.39, 0.29) is 26.9 Å². The number of aryl methyl sites for hydroxylation is 1. The van der Waals surface area contributed by atoms with Crippen molar-refractivity contribution in [2.45, 2.75) is 68.3 Å². The summed E-state index contributed by atoms with van der Waals surface area (Å²) in [5.41, 5.74) is 5.65. The number of likely N-dealkylation sites (tertiary alicyclic amines) is 1. The van der Waals surface area contributed by atoms with E-state index in [4.69, 9.17) is 0 Å². The van der Waals surface area contributed by atoms with Gasteiger partial charge in [-0.2, -0.15) is 0 Å². The second kappa shape index (κ2) is 12.5. The molecule has 2 amide bonds. The molecule has 1 atom stereocenters. The van der Waals surface area contributed by atoms with E-state index in [0.717, 1.165) is 37.1 Å². The highest BCUT2D eigenvalue weighted by Gasteiger charge is 2.36. The van der Waals surface area contributed by atoms with E-state index in [1.54, 1.807) is 12.1 Å². The molecule has 2 aliphatic heterocycles. The maximum absolute atomic E-state index is 13.8. The number of nitrogens with one attached hydrogen (secondary N) is 2. The van der Waals surface area contributed by atoms with E-state index in [9.17, 15) is 18.0 Å². The highest BCUT2D eigenvalue weighted by Crippen LogP contribution is 2.36. The number of hydrogen-bond donors (Lipinski definition) is 2. The zero-order valence-corrected chi connectivity index (χ0v) is 24.5. The van der Waals surface area contributed by atoms with Crippen molar-refractivity contribution in [2.24, 2.45) is 0 Å². The van der Waals surface area contributed by atoms with Gasteiger partial charge in [-0.1, -0.05) is 55.3 Å². The first-order valence-electron chi connectivity index (χ1n) is 14.4. The van der Waals surface area contributed by atoms with E-state index in [2.05, 4.69) is 22.6 Å². The van der Waals surface area contributed by atoms with Gasteiger partial charge in [-0.15, -0.1) is 0 Å². The van der Waals surface area contributed by atoms with Crippen molar-refractivity contribution in [3.63, 3.8) is 0 Å². The number of fused-ring (bicyclic) bond motifs is 2. The van der Waals surface area contributed by atoms with Gasteiger partial charge in [-0.25, -0.2) is 18.9 Å². The molecule has 1 fully saturated rings. The molecular weight excluding hydrogens is 536 g/mol. The van der Waals surface area contributed by atoms with Crippen LogP contribution in [-0.4, -0.2) is 50.8 Å². The number of sulfone groups is 1. The molecule has 41 heavy (non-hydrogen) atoms. The Labute approximate surface area is 242 Å². The summed E-state index contributed by atoms with van der Waals surface area (Å²) in [7, 11) is -4.02. The molecule has 2 N–H and O–H groups in total. The van der Waals surface area contributed by atoms with Crippen molar-refractivity contribution in [1.82, 2.24) is 15.6 Å². The Morgan fingerprint density at radius 2 is 1.83 bits per heavy atom. The number of amides is 2. The second-order valence-electron chi connectivity index (χ2n) is 10.8. The summed E-state index contributed by atoms with van der Waals surface area (Å²) in [5, 5.41) is 4.25. The third kappa shape index (κ3) is 6.22. The molecule has 1 unspecified atom stereocenters. The molecular formula is C32H38N4O4S. The molecule has 0 radical (unpaired) electrons. The van der Waals surface area contributed by atoms with Crippen LogP contribution in [0.25, 0.3) is 0 Å². The number of hydrazine groups is 1. The van der Waals surface area contributed by atoms with Gasteiger partial charge >= 0.3 is 0 Å². The summed E-state index contributed by atoms with van der Waals surface area (Å²) in [4.78, 5) is 29.4. The van der Waals surface area contributed by atoms with E-state index in [0.29, 0.717) is 24.7 Å².